The Kier molecular flexibility index (Phi) is 4.10. The number of aliphatic carboxylic acids is 1. The number of thioether (sulfide) groups is 1. The Labute approximate surface area is 120 Å². The van der Waals surface area contributed by atoms with Gasteiger partial charge < -0.3 is 5.11 Å². The smallest absolute Gasteiger partial charge is 0.325 e. The van der Waals surface area contributed by atoms with Gasteiger partial charge in [-0.2, -0.15) is 16.5 Å². The molecule has 8 heteroatoms. The fourth-order valence-electron chi connectivity index (χ4n) is 1.79. The van der Waals surface area contributed by atoms with Crippen LogP contribution in [0.3, 0.4) is 0 Å². The van der Waals surface area contributed by atoms with Crippen LogP contribution < -0.4 is 4.72 Å². The number of sulfonamides is 1. The van der Waals surface area contributed by atoms with Crippen LogP contribution in [0.2, 0.25) is 5.02 Å². The Morgan fingerprint density at radius 1 is 1.37 bits per heavy atom. The summed E-state index contributed by atoms with van der Waals surface area (Å²) in [6, 6.07) is 5.60. The van der Waals surface area contributed by atoms with Gasteiger partial charge in [0.25, 0.3) is 0 Å². The number of hydrogen-bond acceptors (Lipinski definition) is 4. The molecule has 1 atom stereocenters. The molecule has 5 nitrogen and oxygen atoms in total. The standard InChI is InChI=1S/C11H12ClNO4S2/c12-8-1-3-9(4-2-8)19(16,17)13-11(10(14)15)5-6-18-7-11/h1-4,13H,5-7H2,(H,14,15). The van der Waals surface area contributed by atoms with Gasteiger partial charge in [0.05, 0.1) is 4.90 Å². The molecule has 0 aliphatic carbocycles. The Hall–Kier alpha value is -0.760. The molecule has 1 aliphatic heterocycles. The fraction of sp³-hybridized carbons (Fsp3) is 0.364. The predicted molar refractivity (Wildman–Crippen MR) is 74.1 cm³/mol. The van der Waals surface area contributed by atoms with Crippen LogP contribution in [0.15, 0.2) is 29.2 Å². The molecule has 2 rings (SSSR count). The highest BCUT2D eigenvalue weighted by molar-refractivity contribution is 7.99. The van der Waals surface area contributed by atoms with E-state index in [2.05, 4.69) is 4.72 Å². The minimum Gasteiger partial charge on any atom is -0.480 e. The molecule has 0 aromatic heterocycles. The Morgan fingerprint density at radius 3 is 2.47 bits per heavy atom. The van der Waals surface area contributed by atoms with Gasteiger partial charge in [-0.1, -0.05) is 11.6 Å². The van der Waals surface area contributed by atoms with E-state index in [1.165, 1.54) is 36.0 Å². The molecule has 1 unspecified atom stereocenters. The van der Waals surface area contributed by atoms with Crippen molar-refractivity contribution in [2.75, 3.05) is 11.5 Å². The number of benzene rings is 1. The van der Waals surface area contributed by atoms with Gasteiger partial charge in [-0.05, 0) is 36.4 Å². The summed E-state index contributed by atoms with van der Waals surface area (Å²) in [5.74, 6) is -0.292. The molecule has 2 N–H and O–H groups in total. The third-order valence-electron chi connectivity index (χ3n) is 2.88. The molecule has 0 amide bonds. The van der Waals surface area contributed by atoms with Crippen molar-refractivity contribution in [2.24, 2.45) is 0 Å². The summed E-state index contributed by atoms with van der Waals surface area (Å²) in [4.78, 5) is 11.3. The molecular formula is C11H12ClNO4S2. The van der Waals surface area contributed by atoms with Crippen LogP contribution in [-0.4, -0.2) is 36.5 Å². The molecule has 0 spiro atoms. The van der Waals surface area contributed by atoms with Gasteiger partial charge in [0.2, 0.25) is 10.0 Å². The van der Waals surface area contributed by atoms with Crippen LogP contribution in [0, 0.1) is 0 Å². The lowest BCUT2D eigenvalue weighted by molar-refractivity contribution is -0.142. The van der Waals surface area contributed by atoms with Gasteiger partial charge in [-0.15, -0.1) is 0 Å². The zero-order valence-corrected chi connectivity index (χ0v) is 12.2. The van der Waals surface area contributed by atoms with E-state index >= 15 is 0 Å². The second-order valence-electron chi connectivity index (χ2n) is 4.25. The van der Waals surface area contributed by atoms with E-state index in [1.807, 2.05) is 0 Å². The third kappa shape index (κ3) is 3.05. The summed E-state index contributed by atoms with van der Waals surface area (Å²) in [5.41, 5.74) is -1.41. The van der Waals surface area contributed by atoms with Gasteiger partial charge >= 0.3 is 5.97 Å². The van der Waals surface area contributed by atoms with Crippen LogP contribution in [-0.2, 0) is 14.8 Å². The normalized spacial score (nSPS) is 23.4. The molecule has 1 saturated heterocycles. The Morgan fingerprint density at radius 2 is 2.00 bits per heavy atom. The average molecular weight is 322 g/mol. The van der Waals surface area contributed by atoms with Crippen molar-refractivity contribution in [2.45, 2.75) is 16.9 Å². The zero-order chi connectivity index (χ0) is 14.1. The summed E-state index contributed by atoms with van der Waals surface area (Å²) in [5, 5.41) is 9.68. The lowest BCUT2D eigenvalue weighted by Gasteiger charge is -2.24. The SMILES string of the molecule is O=C(O)C1(NS(=O)(=O)c2ccc(Cl)cc2)CCSC1. The second kappa shape index (κ2) is 5.32. The molecule has 1 fully saturated rings. The van der Waals surface area contributed by atoms with Gasteiger partial charge in [0.1, 0.15) is 5.54 Å². The van der Waals surface area contributed by atoms with Crippen molar-refractivity contribution in [3.8, 4) is 0 Å². The lowest BCUT2D eigenvalue weighted by Crippen LogP contribution is -2.54. The Balaban J connectivity index is 2.30. The van der Waals surface area contributed by atoms with Crippen LogP contribution in [0.25, 0.3) is 0 Å². The highest BCUT2D eigenvalue weighted by atomic mass is 35.5. The fourth-order valence-corrected chi connectivity index (χ4v) is 4.72. The summed E-state index contributed by atoms with van der Waals surface area (Å²) in [6.45, 7) is 0. The molecule has 0 radical (unpaired) electrons. The molecule has 0 saturated carbocycles. The number of carbonyl (C=O) groups is 1. The van der Waals surface area contributed by atoms with Crippen molar-refractivity contribution in [3.05, 3.63) is 29.3 Å². The van der Waals surface area contributed by atoms with E-state index < -0.39 is 21.5 Å². The number of carboxylic acid groups (broad SMARTS) is 1. The lowest BCUT2D eigenvalue weighted by atomic mass is 10.0. The van der Waals surface area contributed by atoms with E-state index in [4.69, 9.17) is 11.6 Å². The first-order chi connectivity index (χ1) is 8.86. The van der Waals surface area contributed by atoms with Crippen LogP contribution in [0.4, 0.5) is 0 Å². The van der Waals surface area contributed by atoms with E-state index in [9.17, 15) is 18.3 Å². The van der Waals surface area contributed by atoms with Crippen molar-refractivity contribution in [3.63, 3.8) is 0 Å². The maximum absolute atomic E-state index is 12.2. The average Bonchev–Trinajstić information content (AvgIpc) is 2.78. The molecule has 19 heavy (non-hydrogen) atoms. The van der Waals surface area contributed by atoms with E-state index in [-0.39, 0.29) is 17.1 Å². The molecular weight excluding hydrogens is 310 g/mol. The minimum atomic E-state index is -3.87. The second-order valence-corrected chi connectivity index (χ2v) is 7.47. The molecule has 104 valence electrons. The van der Waals surface area contributed by atoms with Crippen LogP contribution >= 0.6 is 23.4 Å². The van der Waals surface area contributed by atoms with E-state index in [1.54, 1.807) is 0 Å². The highest BCUT2D eigenvalue weighted by Gasteiger charge is 2.45. The molecule has 0 bridgehead atoms. The molecule has 1 aliphatic rings. The summed E-state index contributed by atoms with van der Waals surface area (Å²) < 4.78 is 26.7. The number of halogens is 1. The minimum absolute atomic E-state index is 0.00873. The van der Waals surface area contributed by atoms with Crippen LogP contribution in [0.5, 0.6) is 0 Å². The van der Waals surface area contributed by atoms with Crippen molar-refractivity contribution >= 4 is 39.4 Å². The van der Waals surface area contributed by atoms with Gasteiger partial charge in [0.15, 0.2) is 0 Å². The first-order valence-corrected chi connectivity index (χ1v) is 8.48. The monoisotopic (exact) mass is 321 g/mol. The largest absolute Gasteiger partial charge is 0.480 e. The van der Waals surface area contributed by atoms with Crippen molar-refractivity contribution in [1.82, 2.24) is 4.72 Å². The predicted octanol–water partition coefficient (Wildman–Crippen LogP) is 1.58. The topological polar surface area (TPSA) is 83.5 Å². The highest BCUT2D eigenvalue weighted by Crippen LogP contribution is 2.30. The number of carboxylic acids is 1. The van der Waals surface area contributed by atoms with Crippen LogP contribution in [0.1, 0.15) is 6.42 Å². The number of rotatable bonds is 4. The molecule has 1 aromatic carbocycles. The molecule has 1 aromatic rings. The summed E-state index contributed by atoms with van der Waals surface area (Å²) in [7, 11) is -3.87. The number of hydrogen-bond donors (Lipinski definition) is 2. The first kappa shape index (κ1) is 14.6. The van der Waals surface area contributed by atoms with Gasteiger partial charge in [-0.25, -0.2) is 8.42 Å². The van der Waals surface area contributed by atoms with E-state index in [0.29, 0.717) is 10.8 Å². The molecule has 1 heterocycles. The number of nitrogens with one attached hydrogen (secondary N) is 1. The van der Waals surface area contributed by atoms with Crippen molar-refractivity contribution in [1.29, 1.82) is 0 Å². The summed E-state index contributed by atoms with van der Waals surface area (Å²) in [6.07, 6.45) is 0.278. The first-order valence-electron chi connectivity index (χ1n) is 5.46. The third-order valence-corrected chi connectivity index (χ3v) is 5.88. The Bertz CT molecular complexity index is 579. The van der Waals surface area contributed by atoms with Gasteiger partial charge in [-0.3, -0.25) is 4.79 Å². The quantitative estimate of drug-likeness (QED) is 0.879. The van der Waals surface area contributed by atoms with Gasteiger partial charge in [0, 0.05) is 10.8 Å². The summed E-state index contributed by atoms with van der Waals surface area (Å²) >= 11 is 7.12. The van der Waals surface area contributed by atoms with E-state index in [0.717, 1.165) is 0 Å². The van der Waals surface area contributed by atoms with Crippen molar-refractivity contribution < 1.29 is 18.3 Å². The maximum Gasteiger partial charge on any atom is 0.325 e. The maximum atomic E-state index is 12.2. The zero-order valence-electron chi connectivity index (χ0n) is 9.80.